The van der Waals surface area contributed by atoms with E-state index in [1.807, 2.05) is 42.5 Å². The Bertz CT molecular complexity index is 680. The summed E-state index contributed by atoms with van der Waals surface area (Å²) in [6.07, 6.45) is 0. The molecular weight excluding hydrogens is 288 g/mol. The van der Waals surface area contributed by atoms with Crippen LogP contribution in [-0.2, 0) is 5.33 Å². The number of aromatic nitrogens is 2. The van der Waals surface area contributed by atoms with Crippen molar-refractivity contribution in [2.75, 3.05) is 0 Å². The number of halogens is 1. The summed E-state index contributed by atoms with van der Waals surface area (Å²) in [5.74, 6) is 0. The minimum absolute atomic E-state index is 0.703. The van der Waals surface area contributed by atoms with E-state index in [0.717, 1.165) is 28.0 Å². The molecule has 2 aromatic carbocycles. The van der Waals surface area contributed by atoms with Crippen molar-refractivity contribution in [3.05, 3.63) is 60.3 Å². The van der Waals surface area contributed by atoms with Gasteiger partial charge in [-0.25, -0.2) is 9.97 Å². The van der Waals surface area contributed by atoms with Crippen molar-refractivity contribution in [1.82, 2.24) is 9.97 Å². The van der Waals surface area contributed by atoms with E-state index in [1.54, 1.807) is 0 Å². The van der Waals surface area contributed by atoms with Gasteiger partial charge in [-0.2, -0.15) is 0 Å². The highest BCUT2D eigenvalue weighted by atomic mass is 79.9. The Hall–Kier alpha value is -1.74. The van der Waals surface area contributed by atoms with Crippen molar-refractivity contribution in [3.8, 4) is 11.3 Å². The average molecular weight is 299 g/mol. The smallest absolute Gasteiger partial charge is 0.0933 e. The van der Waals surface area contributed by atoms with Crippen molar-refractivity contribution in [3.63, 3.8) is 0 Å². The fraction of sp³-hybridized carbons (Fsp3) is 0.0667. The molecular formula is C15H11BrN2. The Labute approximate surface area is 114 Å². The molecule has 88 valence electrons. The van der Waals surface area contributed by atoms with Gasteiger partial charge in [0.15, 0.2) is 0 Å². The standard InChI is InChI=1S/C15H11BrN2/c16-10-14-15(11-6-2-1-3-7-11)18-13-9-5-4-8-12(13)17-14/h1-9H,10H2. The van der Waals surface area contributed by atoms with Gasteiger partial charge in [-0.15, -0.1) is 0 Å². The van der Waals surface area contributed by atoms with Crippen LogP contribution in [0.15, 0.2) is 54.6 Å². The van der Waals surface area contributed by atoms with E-state index in [4.69, 9.17) is 4.98 Å². The number of hydrogen-bond acceptors (Lipinski definition) is 2. The fourth-order valence-electron chi connectivity index (χ4n) is 1.96. The summed E-state index contributed by atoms with van der Waals surface area (Å²) in [5, 5.41) is 0.703. The summed E-state index contributed by atoms with van der Waals surface area (Å²) >= 11 is 3.49. The van der Waals surface area contributed by atoms with E-state index < -0.39 is 0 Å². The first-order chi connectivity index (χ1) is 8.88. The van der Waals surface area contributed by atoms with E-state index in [9.17, 15) is 0 Å². The second kappa shape index (κ2) is 4.86. The van der Waals surface area contributed by atoms with Crippen molar-refractivity contribution < 1.29 is 0 Å². The molecule has 3 aromatic rings. The lowest BCUT2D eigenvalue weighted by Gasteiger charge is -2.07. The van der Waals surface area contributed by atoms with Gasteiger partial charge in [-0.05, 0) is 12.1 Å². The molecule has 0 aliphatic heterocycles. The number of alkyl halides is 1. The van der Waals surface area contributed by atoms with Crippen LogP contribution < -0.4 is 0 Å². The maximum Gasteiger partial charge on any atom is 0.0933 e. The number of rotatable bonds is 2. The van der Waals surface area contributed by atoms with E-state index >= 15 is 0 Å². The zero-order chi connectivity index (χ0) is 12.4. The molecule has 2 nitrogen and oxygen atoms in total. The van der Waals surface area contributed by atoms with Gasteiger partial charge in [0.2, 0.25) is 0 Å². The third kappa shape index (κ3) is 2.02. The number of fused-ring (bicyclic) bond motifs is 1. The molecule has 0 radical (unpaired) electrons. The van der Waals surface area contributed by atoms with Crippen LogP contribution in [0, 0.1) is 0 Å². The van der Waals surface area contributed by atoms with Gasteiger partial charge >= 0.3 is 0 Å². The first-order valence-electron chi connectivity index (χ1n) is 5.75. The van der Waals surface area contributed by atoms with Gasteiger partial charge < -0.3 is 0 Å². The number of para-hydroxylation sites is 2. The summed E-state index contributed by atoms with van der Waals surface area (Å²) in [5.41, 5.74) is 4.89. The SMILES string of the molecule is BrCc1nc2ccccc2nc1-c1ccccc1. The average Bonchev–Trinajstić information content (AvgIpc) is 2.46. The van der Waals surface area contributed by atoms with Gasteiger partial charge in [0, 0.05) is 10.9 Å². The summed E-state index contributed by atoms with van der Waals surface area (Å²) in [7, 11) is 0. The fourth-order valence-corrected chi connectivity index (χ4v) is 2.35. The molecule has 3 heteroatoms. The summed E-state index contributed by atoms with van der Waals surface area (Å²) in [6.45, 7) is 0. The maximum absolute atomic E-state index is 4.72. The third-order valence-corrected chi connectivity index (χ3v) is 3.35. The molecule has 0 unspecified atom stereocenters. The Morgan fingerprint density at radius 1 is 0.778 bits per heavy atom. The van der Waals surface area contributed by atoms with Crippen molar-refractivity contribution in [1.29, 1.82) is 0 Å². The lowest BCUT2D eigenvalue weighted by atomic mass is 10.1. The molecule has 0 spiro atoms. The molecule has 0 aliphatic rings. The minimum atomic E-state index is 0.703. The molecule has 0 N–H and O–H groups in total. The number of nitrogens with zero attached hydrogens (tertiary/aromatic N) is 2. The maximum atomic E-state index is 4.72. The Kier molecular flexibility index (Phi) is 3.07. The molecule has 1 heterocycles. The highest BCUT2D eigenvalue weighted by Crippen LogP contribution is 2.24. The summed E-state index contributed by atoms with van der Waals surface area (Å²) in [6, 6.07) is 18.1. The zero-order valence-electron chi connectivity index (χ0n) is 9.68. The third-order valence-electron chi connectivity index (χ3n) is 2.82. The van der Waals surface area contributed by atoms with Crippen LogP contribution in [0.25, 0.3) is 22.3 Å². The molecule has 0 aliphatic carbocycles. The van der Waals surface area contributed by atoms with Crippen LogP contribution >= 0.6 is 15.9 Å². The van der Waals surface area contributed by atoms with Crippen LogP contribution in [0.4, 0.5) is 0 Å². The largest absolute Gasteiger partial charge is 0.248 e. The van der Waals surface area contributed by atoms with E-state index in [0.29, 0.717) is 5.33 Å². The lowest BCUT2D eigenvalue weighted by molar-refractivity contribution is 1.18. The molecule has 0 atom stereocenters. The van der Waals surface area contributed by atoms with Gasteiger partial charge in [0.1, 0.15) is 0 Å². The van der Waals surface area contributed by atoms with Gasteiger partial charge in [-0.1, -0.05) is 58.4 Å². The normalized spacial score (nSPS) is 10.7. The highest BCUT2D eigenvalue weighted by molar-refractivity contribution is 9.08. The quantitative estimate of drug-likeness (QED) is 0.663. The second-order valence-electron chi connectivity index (χ2n) is 4.01. The van der Waals surface area contributed by atoms with Crippen LogP contribution in [-0.4, -0.2) is 9.97 Å². The predicted octanol–water partition coefficient (Wildman–Crippen LogP) is 4.19. The molecule has 0 amide bonds. The summed E-state index contributed by atoms with van der Waals surface area (Å²) < 4.78 is 0. The lowest BCUT2D eigenvalue weighted by Crippen LogP contribution is -1.96. The van der Waals surface area contributed by atoms with Crippen LogP contribution in [0.3, 0.4) is 0 Å². The van der Waals surface area contributed by atoms with Crippen LogP contribution in [0.1, 0.15) is 5.69 Å². The monoisotopic (exact) mass is 298 g/mol. The van der Waals surface area contributed by atoms with E-state index in [2.05, 4.69) is 33.0 Å². The number of hydrogen-bond donors (Lipinski definition) is 0. The van der Waals surface area contributed by atoms with Gasteiger partial charge in [0.25, 0.3) is 0 Å². The topological polar surface area (TPSA) is 25.8 Å². The zero-order valence-corrected chi connectivity index (χ0v) is 11.3. The van der Waals surface area contributed by atoms with Gasteiger partial charge in [-0.3, -0.25) is 0 Å². The van der Waals surface area contributed by atoms with E-state index in [-0.39, 0.29) is 0 Å². The van der Waals surface area contributed by atoms with Gasteiger partial charge in [0.05, 0.1) is 22.4 Å². The molecule has 0 bridgehead atoms. The van der Waals surface area contributed by atoms with Crippen molar-refractivity contribution in [2.45, 2.75) is 5.33 Å². The Morgan fingerprint density at radius 2 is 1.39 bits per heavy atom. The molecule has 0 saturated carbocycles. The summed E-state index contributed by atoms with van der Waals surface area (Å²) in [4.78, 5) is 9.38. The number of benzene rings is 2. The Balaban J connectivity index is 2.27. The minimum Gasteiger partial charge on any atom is -0.248 e. The molecule has 0 fully saturated rings. The van der Waals surface area contributed by atoms with Crippen LogP contribution in [0.5, 0.6) is 0 Å². The molecule has 0 saturated heterocycles. The predicted molar refractivity (Wildman–Crippen MR) is 77.6 cm³/mol. The Morgan fingerprint density at radius 3 is 2.06 bits per heavy atom. The molecule has 18 heavy (non-hydrogen) atoms. The van der Waals surface area contributed by atoms with Crippen molar-refractivity contribution in [2.24, 2.45) is 0 Å². The first-order valence-corrected chi connectivity index (χ1v) is 6.87. The highest BCUT2D eigenvalue weighted by Gasteiger charge is 2.09. The van der Waals surface area contributed by atoms with E-state index in [1.165, 1.54) is 0 Å². The first kappa shape index (κ1) is 11.4. The van der Waals surface area contributed by atoms with Crippen molar-refractivity contribution >= 4 is 27.0 Å². The molecule has 3 rings (SSSR count). The van der Waals surface area contributed by atoms with Crippen LogP contribution in [0.2, 0.25) is 0 Å². The second-order valence-corrected chi connectivity index (χ2v) is 4.57. The molecule has 1 aromatic heterocycles.